The van der Waals surface area contributed by atoms with E-state index in [-0.39, 0.29) is 5.82 Å². The van der Waals surface area contributed by atoms with E-state index in [1.54, 1.807) is 16.9 Å². The van der Waals surface area contributed by atoms with Gasteiger partial charge in [-0.1, -0.05) is 12.1 Å². The monoisotopic (exact) mass is 347 g/mol. The number of hydrogen-bond donors (Lipinski definition) is 1. The predicted molar refractivity (Wildman–Crippen MR) is 67.5 cm³/mol. The summed E-state index contributed by atoms with van der Waals surface area (Å²) in [7, 11) is 0. The molecule has 2 rings (SSSR count). The first-order chi connectivity index (χ1) is 7.58. The number of rotatable bonds is 2. The van der Waals surface area contributed by atoms with E-state index >= 15 is 0 Å². The van der Waals surface area contributed by atoms with E-state index in [0.29, 0.717) is 16.8 Å². The van der Waals surface area contributed by atoms with Gasteiger partial charge in [-0.3, -0.25) is 4.68 Å². The fraction of sp³-hybridized carbons (Fsp3) is 0.100. The Balaban J connectivity index is 2.30. The molecule has 2 aromatic rings. The first-order valence-electron chi connectivity index (χ1n) is 4.49. The summed E-state index contributed by atoms with van der Waals surface area (Å²) in [6.07, 6.45) is 1.76. The number of nitrogens with two attached hydrogens (primary N) is 1. The van der Waals surface area contributed by atoms with Crippen molar-refractivity contribution in [1.29, 1.82) is 0 Å². The molecule has 1 aromatic carbocycles. The number of hydrogen-bond acceptors (Lipinski definition) is 2. The molecule has 0 bridgehead atoms. The molecule has 0 saturated heterocycles. The summed E-state index contributed by atoms with van der Waals surface area (Å²) >= 11 is 6.47. The zero-order valence-electron chi connectivity index (χ0n) is 8.12. The Morgan fingerprint density at radius 3 is 2.75 bits per heavy atom. The molecule has 0 atom stereocenters. The van der Waals surface area contributed by atoms with Crippen LogP contribution in [0.4, 0.5) is 10.2 Å². The van der Waals surface area contributed by atoms with Crippen molar-refractivity contribution in [1.82, 2.24) is 9.78 Å². The highest BCUT2D eigenvalue weighted by Crippen LogP contribution is 2.22. The fourth-order valence-electron chi connectivity index (χ4n) is 1.34. The van der Waals surface area contributed by atoms with E-state index in [9.17, 15) is 4.39 Å². The third-order valence-corrected chi connectivity index (χ3v) is 3.61. The number of nitrogens with zero attached hydrogens (tertiary/aromatic N) is 2. The molecular formula is C10H8Br2FN3. The van der Waals surface area contributed by atoms with Crippen molar-refractivity contribution in [2.24, 2.45) is 0 Å². The van der Waals surface area contributed by atoms with Gasteiger partial charge in [0.05, 0.1) is 15.5 Å². The molecule has 16 heavy (non-hydrogen) atoms. The SMILES string of the molecule is Nc1nn(Cc2cccc(F)c2Br)cc1Br. The lowest BCUT2D eigenvalue weighted by Gasteiger charge is -2.05. The Hall–Kier alpha value is -0.880. The van der Waals surface area contributed by atoms with Crippen LogP contribution in [0.25, 0.3) is 0 Å². The first kappa shape index (κ1) is 11.6. The van der Waals surface area contributed by atoms with Crippen LogP contribution in [-0.2, 0) is 6.54 Å². The standard InChI is InChI=1S/C10H8Br2FN3/c11-7-5-16(15-10(7)14)4-6-2-1-3-8(13)9(6)12/h1-3,5H,4H2,(H2,14,15). The van der Waals surface area contributed by atoms with Crippen molar-refractivity contribution in [2.45, 2.75) is 6.54 Å². The van der Waals surface area contributed by atoms with Crippen molar-refractivity contribution in [3.8, 4) is 0 Å². The molecule has 2 N–H and O–H groups in total. The highest BCUT2D eigenvalue weighted by Gasteiger charge is 2.08. The lowest BCUT2D eigenvalue weighted by Crippen LogP contribution is -2.02. The van der Waals surface area contributed by atoms with Gasteiger partial charge in [0.1, 0.15) is 5.82 Å². The summed E-state index contributed by atoms with van der Waals surface area (Å²) in [6.45, 7) is 0.466. The highest BCUT2D eigenvalue weighted by molar-refractivity contribution is 9.10. The maximum atomic E-state index is 13.3. The van der Waals surface area contributed by atoms with Crippen molar-refractivity contribution in [3.63, 3.8) is 0 Å². The highest BCUT2D eigenvalue weighted by atomic mass is 79.9. The quantitative estimate of drug-likeness (QED) is 0.905. The van der Waals surface area contributed by atoms with Crippen molar-refractivity contribution < 1.29 is 4.39 Å². The second-order valence-corrected chi connectivity index (χ2v) is 4.92. The Labute approximate surface area is 109 Å². The van der Waals surface area contributed by atoms with Crippen LogP contribution in [0.2, 0.25) is 0 Å². The molecule has 0 saturated carbocycles. The average molecular weight is 349 g/mol. The minimum absolute atomic E-state index is 0.281. The average Bonchev–Trinajstić information content (AvgIpc) is 2.54. The summed E-state index contributed by atoms with van der Waals surface area (Å²) in [5.74, 6) is 0.143. The first-order valence-corrected chi connectivity index (χ1v) is 6.08. The van der Waals surface area contributed by atoms with Gasteiger partial charge in [-0.2, -0.15) is 5.10 Å². The summed E-state index contributed by atoms with van der Waals surface area (Å²) in [5.41, 5.74) is 6.41. The molecule has 3 nitrogen and oxygen atoms in total. The van der Waals surface area contributed by atoms with Gasteiger partial charge in [0.25, 0.3) is 0 Å². The van der Waals surface area contributed by atoms with Gasteiger partial charge in [-0.25, -0.2) is 4.39 Å². The van der Waals surface area contributed by atoms with Crippen LogP contribution >= 0.6 is 31.9 Å². The summed E-state index contributed by atoms with van der Waals surface area (Å²) < 4.78 is 16.1. The van der Waals surface area contributed by atoms with E-state index in [0.717, 1.165) is 10.0 Å². The predicted octanol–water partition coefficient (Wildman–Crippen LogP) is 3.18. The molecule has 0 spiro atoms. The van der Waals surface area contributed by atoms with Gasteiger partial charge >= 0.3 is 0 Å². The lowest BCUT2D eigenvalue weighted by atomic mass is 10.2. The molecule has 0 aliphatic heterocycles. The van der Waals surface area contributed by atoms with Crippen LogP contribution in [0, 0.1) is 5.82 Å². The molecule has 0 amide bonds. The van der Waals surface area contributed by atoms with E-state index in [4.69, 9.17) is 5.73 Å². The molecule has 6 heteroatoms. The van der Waals surface area contributed by atoms with Gasteiger partial charge in [0.15, 0.2) is 5.82 Å². The second kappa shape index (κ2) is 4.55. The second-order valence-electron chi connectivity index (χ2n) is 3.27. The molecule has 0 fully saturated rings. The van der Waals surface area contributed by atoms with Crippen LogP contribution in [0.15, 0.2) is 33.3 Å². The van der Waals surface area contributed by atoms with E-state index in [1.807, 2.05) is 6.07 Å². The Morgan fingerprint density at radius 1 is 1.38 bits per heavy atom. The van der Waals surface area contributed by atoms with Gasteiger partial charge in [0.2, 0.25) is 0 Å². The van der Waals surface area contributed by atoms with E-state index in [2.05, 4.69) is 37.0 Å². The third kappa shape index (κ3) is 2.27. The topological polar surface area (TPSA) is 43.8 Å². The summed E-state index contributed by atoms with van der Waals surface area (Å²) in [6, 6.07) is 4.90. The van der Waals surface area contributed by atoms with Crippen molar-refractivity contribution in [2.75, 3.05) is 5.73 Å². The normalized spacial score (nSPS) is 10.7. The number of anilines is 1. The van der Waals surface area contributed by atoms with Crippen molar-refractivity contribution >= 4 is 37.7 Å². The van der Waals surface area contributed by atoms with Crippen molar-refractivity contribution in [3.05, 3.63) is 44.7 Å². The Bertz CT molecular complexity index is 505. The molecule has 0 unspecified atom stereocenters. The van der Waals surface area contributed by atoms with Gasteiger partial charge in [-0.15, -0.1) is 0 Å². The number of halogens is 3. The van der Waals surface area contributed by atoms with Gasteiger partial charge < -0.3 is 5.73 Å². The minimum atomic E-state index is -0.281. The van der Waals surface area contributed by atoms with Crippen LogP contribution in [0.5, 0.6) is 0 Å². The van der Waals surface area contributed by atoms with E-state index < -0.39 is 0 Å². The number of aromatic nitrogens is 2. The molecular weight excluding hydrogens is 341 g/mol. The number of benzene rings is 1. The van der Waals surface area contributed by atoms with Crippen LogP contribution in [-0.4, -0.2) is 9.78 Å². The van der Waals surface area contributed by atoms with Gasteiger partial charge in [-0.05, 0) is 43.5 Å². The van der Waals surface area contributed by atoms with Crippen LogP contribution < -0.4 is 5.73 Å². The molecule has 1 heterocycles. The summed E-state index contributed by atoms with van der Waals surface area (Å²) in [5, 5.41) is 4.08. The Kier molecular flexibility index (Phi) is 3.30. The largest absolute Gasteiger partial charge is 0.381 e. The van der Waals surface area contributed by atoms with Crippen LogP contribution in [0.1, 0.15) is 5.56 Å². The third-order valence-electron chi connectivity index (χ3n) is 2.11. The van der Waals surface area contributed by atoms with Gasteiger partial charge in [0, 0.05) is 6.20 Å². The summed E-state index contributed by atoms with van der Waals surface area (Å²) in [4.78, 5) is 0. The maximum absolute atomic E-state index is 13.3. The number of nitrogen functional groups attached to an aromatic ring is 1. The molecule has 0 aliphatic rings. The Morgan fingerprint density at radius 2 is 2.12 bits per heavy atom. The molecule has 0 aliphatic carbocycles. The smallest absolute Gasteiger partial charge is 0.159 e. The zero-order chi connectivity index (χ0) is 11.7. The minimum Gasteiger partial charge on any atom is -0.381 e. The maximum Gasteiger partial charge on any atom is 0.159 e. The van der Waals surface area contributed by atoms with Crippen LogP contribution in [0.3, 0.4) is 0 Å². The fourth-order valence-corrected chi connectivity index (χ4v) is 2.04. The molecule has 84 valence electrons. The molecule has 0 radical (unpaired) electrons. The lowest BCUT2D eigenvalue weighted by molar-refractivity contribution is 0.611. The zero-order valence-corrected chi connectivity index (χ0v) is 11.3. The van der Waals surface area contributed by atoms with E-state index in [1.165, 1.54) is 6.07 Å². The molecule has 1 aromatic heterocycles.